The molecule has 1 N–H and O–H groups in total. The van der Waals surface area contributed by atoms with Gasteiger partial charge in [0.25, 0.3) is 0 Å². The summed E-state index contributed by atoms with van der Waals surface area (Å²) in [5, 5.41) is 8.80. The van der Waals surface area contributed by atoms with Crippen molar-refractivity contribution in [3.05, 3.63) is 24.0 Å². The van der Waals surface area contributed by atoms with Gasteiger partial charge in [-0.05, 0) is 12.1 Å². The van der Waals surface area contributed by atoms with Crippen LogP contribution in [0.4, 0.5) is 4.79 Å². The summed E-state index contributed by atoms with van der Waals surface area (Å²) in [6, 6.07) is 3.44. The fourth-order valence-corrected chi connectivity index (χ4v) is 1.73. The van der Waals surface area contributed by atoms with Gasteiger partial charge in [-0.2, -0.15) is 0 Å². The Hall–Kier alpha value is -2.22. The van der Waals surface area contributed by atoms with Crippen molar-refractivity contribution in [1.82, 2.24) is 9.88 Å². The van der Waals surface area contributed by atoms with E-state index < -0.39 is 6.09 Å². The third kappa shape index (κ3) is 2.67. The predicted octanol–water partition coefficient (Wildman–Crippen LogP) is 1.19. The molecule has 0 radical (unpaired) electrons. The van der Waals surface area contributed by atoms with Crippen LogP contribution in [0.2, 0.25) is 0 Å². The molecule has 2 heterocycles. The highest BCUT2D eigenvalue weighted by Gasteiger charge is 2.27. The van der Waals surface area contributed by atoms with E-state index in [0.717, 1.165) is 0 Å². The Morgan fingerprint density at radius 2 is 2.47 bits per heavy atom. The largest absolute Gasteiger partial charge is 0.487 e. The number of carboxylic acid groups (broad SMARTS) is 1. The molecule has 1 aliphatic rings. The van der Waals surface area contributed by atoms with Gasteiger partial charge in [-0.15, -0.1) is 6.42 Å². The number of amides is 1. The molecule has 5 heteroatoms. The first-order valence-corrected chi connectivity index (χ1v) is 5.26. The molecule has 17 heavy (non-hydrogen) atoms. The van der Waals surface area contributed by atoms with Crippen LogP contribution < -0.4 is 4.74 Å². The van der Waals surface area contributed by atoms with Crippen molar-refractivity contribution in [1.29, 1.82) is 0 Å². The molecule has 1 aromatic rings. The standard InChI is InChI=1S/C12H12N2O3/c1-2-9-3-4-10(7-13-9)17-11-5-6-14(8-11)12(15)16/h1,3-4,7,11H,5-6,8H2,(H,15,16). The van der Waals surface area contributed by atoms with Gasteiger partial charge in [-0.3, -0.25) is 0 Å². The topological polar surface area (TPSA) is 62.7 Å². The predicted molar refractivity (Wildman–Crippen MR) is 60.8 cm³/mol. The molecule has 1 fully saturated rings. The normalized spacial score (nSPS) is 18.8. The average molecular weight is 232 g/mol. The molecule has 0 spiro atoms. The fraction of sp³-hybridized carbons (Fsp3) is 0.333. The number of terminal acetylenes is 1. The van der Waals surface area contributed by atoms with Crippen molar-refractivity contribution in [2.45, 2.75) is 12.5 Å². The minimum absolute atomic E-state index is 0.107. The second kappa shape index (κ2) is 4.74. The first-order valence-electron chi connectivity index (χ1n) is 5.26. The molecule has 0 aliphatic carbocycles. The van der Waals surface area contributed by atoms with E-state index in [-0.39, 0.29) is 6.10 Å². The van der Waals surface area contributed by atoms with Gasteiger partial charge in [0, 0.05) is 13.0 Å². The summed E-state index contributed by atoms with van der Waals surface area (Å²) in [6.45, 7) is 0.905. The summed E-state index contributed by atoms with van der Waals surface area (Å²) >= 11 is 0. The summed E-state index contributed by atoms with van der Waals surface area (Å²) in [4.78, 5) is 16.1. The molecule has 1 amide bonds. The number of likely N-dealkylation sites (tertiary alicyclic amines) is 1. The van der Waals surface area contributed by atoms with Crippen LogP contribution in [-0.2, 0) is 0 Å². The minimum atomic E-state index is -0.906. The summed E-state index contributed by atoms with van der Waals surface area (Å²) in [7, 11) is 0. The zero-order valence-corrected chi connectivity index (χ0v) is 9.17. The maximum Gasteiger partial charge on any atom is 0.407 e. The van der Waals surface area contributed by atoms with Crippen molar-refractivity contribution in [2.75, 3.05) is 13.1 Å². The fourth-order valence-electron chi connectivity index (χ4n) is 1.73. The molecule has 88 valence electrons. The van der Waals surface area contributed by atoms with Crippen molar-refractivity contribution < 1.29 is 14.6 Å². The van der Waals surface area contributed by atoms with Crippen LogP contribution in [0.25, 0.3) is 0 Å². The highest BCUT2D eigenvalue weighted by Crippen LogP contribution is 2.17. The van der Waals surface area contributed by atoms with Crippen LogP contribution >= 0.6 is 0 Å². The van der Waals surface area contributed by atoms with Gasteiger partial charge in [-0.25, -0.2) is 9.78 Å². The van der Waals surface area contributed by atoms with Gasteiger partial charge in [0.05, 0.1) is 12.7 Å². The molecule has 1 atom stereocenters. The van der Waals surface area contributed by atoms with Crippen LogP contribution in [0.3, 0.4) is 0 Å². The lowest BCUT2D eigenvalue weighted by Crippen LogP contribution is -2.29. The summed E-state index contributed by atoms with van der Waals surface area (Å²) < 4.78 is 5.62. The Morgan fingerprint density at radius 1 is 1.65 bits per heavy atom. The van der Waals surface area contributed by atoms with E-state index in [1.165, 1.54) is 4.90 Å². The maximum atomic E-state index is 10.7. The highest BCUT2D eigenvalue weighted by molar-refractivity contribution is 5.65. The lowest BCUT2D eigenvalue weighted by Gasteiger charge is -2.14. The van der Waals surface area contributed by atoms with E-state index in [1.54, 1.807) is 18.3 Å². The van der Waals surface area contributed by atoms with Crippen molar-refractivity contribution in [3.8, 4) is 18.1 Å². The van der Waals surface area contributed by atoms with E-state index in [4.69, 9.17) is 16.3 Å². The van der Waals surface area contributed by atoms with E-state index in [9.17, 15) is 4.79 Å². The van der Waals surface area contributed by atoms with Gasteiger partial charge in [0.1, 0.15) is 17.5 Å². The van der Waals surface area contributed by atoms with Gasteiger partial charge in [-0.1, -0.05) is 5.92 Å². The zero-order chi connectivity index (χ0) is 12.3. The van der Waals surface area contributed by atoms with Crippen LogP contribution in [0.5, 0.6) is 5.75 Å². The number of ether oxygens (including phenoxy) is 1. The number of pyridine rings is 1. The molecular weight excluding hydrogens is 220 g/mol. The zero-order valence-electron chi connectivity index (χ0n) is 9.17. The van der Waals surface area contributed by atoms with Gasteiger partial charge in [0.2, 0.25) is 0 Å². The summed E-state index contributed by atoms with van der Waals surface area (Å²) in [6.07, 6.45) is 6.43. The minimum Gasteiger partial charge on any atom is -0.487 e. The number of rotatable bonds is 2. The Morgan fingerprint density at radius 3 is 3.00 bits per heavy atom. The quantitative estimate of drug-likeness (QED) is 0.778. The molecule has 1 unspecified atom stereocenters. The Kier molecular flexibility index (Phi) is 3.15. The molecule has 0 aromatic carbocycles. The van der Waals surface area contributed by atoms with E-state index in [1.807, 2.05) is 0 Å². The number of hydrogen-bond donors (Lipinski definition) is 1. The monoisotopic (exact) mass is 232 g/mol. The molecule has 0 bridgehead atoms. The van der Waals surface area contributed by atoms with Crippen molar-refractivity contribution >= 4 is 6.09 Å². The Balaban J connectivity index is 1.94. The molecule has 0 saturated carbocycles. The van der Waals surface area contributed by atoms with Crippen LogP contribution in [-0.4, -0.2) is 40.3 Å². The highest BCUT2D eigenvalue weighted by atomic mass is 16.5. The first-order chi connectivity index (χ1) is 8.19. The summed E-state index contributed by atoms with van der Waals surface area (Å²) in [5.74, 6) is 3.03. The second-order valence-electron chi connectivity index (χ2n) is 3.78. The number of nitrogens with zero attached hydrogens (tertiary/aromatic N) is 2. The number of carbonyl (C=O) groups is 1. The molecule has 1 aliphatic heterocycles. The first kappa shape index (κ1) is 11.3. The molecule has 2 rings (SSSR count). The van der Waals surface area contributed by atoms with Crippen LogP contribution in [0.15, 0.2) is 18.3 Å². The lowest BCUT2D eigenvalue weighted by atomic mass is 10.3. The lowest BCUT2D eigenvalue weighted by molar-refractivity contribution is 0.145. The Bertz CT molecular complexity index is 450. The second-order valence-corrected chi connectivity index (χ2v) is 3.78. The Labute approximate surface area is 99.0 Å². The third-order valence-electron chi connectivity index (χ3n) is 2.60. The van der Waals surface area contributed by atoms with Gasteiger partial charge < -0.3 is 14.7 Å². The van der Waals surface area contributed by atoms with E-state index in [2.05, 4.69) is 10.9 Å². The smallest absolute Gasteiger partial charge is 0.407 e. The van der Waals surface area contributed by atoms with E-state index in [0.29, 0.717) is 31.0 Å². The third-order valence-corrected chi connectivity index (χ3v) is 2.60. The van der Waals surface area contributed by atoms with Crippen LogP contribution in [0, 0.1) is 12.3 Å². The molecule has 1 aromatic heterocycles. The van der Waals surface area contributed by atoms with Crippen LogP contribution in [0.1, 0.15) is 12.1 Å². The maximum absolute atomic E-state index is 10.7. The van der Waals surface area contributed by atoms with E-state index >= 15 is 0 Å². The van der Waals surface area contributed by atoms with Gasteiger partial charge >= 0.3 is 6.09 Å². The molecule has 5 nitrogen and oxygen atoms in total. The molecule has 1 saturated heterocycles. The average Bonchev–Trinajstić information content (AvgIpc) is 2.79. The van der Waals surface area contributed by atoms with Crippen molar-refractivity contribution in [2.24, 2.45) is 0 Å². The van der Waals surface area contributed by atoms with Crippen molar-refractivity contribution in [3.63, 3.8) is 0 Å². The SMILES string of the molecule is C#Cc1ccc(OC2CCN(C(=O)O)C2)cn1. The van der Waals surface area contributed by atoms with Gasteiger partial charge in [0.15, 0.2) is 0 Å². The molecular formula is C12H12N2O3. The summed E-state index contributed by atoms with van der Waals surface area (Å²) in [5.41, 5.74) is 0.552. The number of aromatic nitrogens is 1. The number of hydrogen-bond acceptors (Lipinski definition) is 3.